The van der Waals surface area contributed by atoms with Gasteiger partial charge in [-0.15, -0.1) is 6.58 Å². The van der Waals surface area contributed by atoms with Gasteiger partial charge in [-0.05, 0) is 54.7 Å². The molecule has 160 valence electrons. The Morgan fingerprint density at radius 3 is 2.47 bits per heavy atom. The summed E-state index contributed by atoms with van der Waals surface area (Å²) in [6.45, 7) is 8.45. The van der Waals surface area contributed by atoms with Gasteiger partial charge in [0.05, 0.1) is 11.5 Å². The Morgan fingerprint density at radius 1 is 1.20 bits per heavy atom. The van der Waals surface area contributed by atoms with Crippen LogP contribution in [0, 0.1) is 5.41 Å². The van der Waals surface area contributed by atoms with Crippen molar-refractivity contribution in [1.82, 2.24) is 4.90 Å². The Morgan fingerprint density at radius 2 is 1.90 bits per heavy atom. The minimum Gasteiger partial charge on any atom is -0.330 e. The van der Waals surface area contributed by atoms with Gasteiger partial charge in [0.15, 0.2) is 0 Å². The van der Waals surface area contributed by atoms with E-state index >= 15 is 0 Å². The first-order valence-corrected chi connectivity index (χ1v) is 11.2. The molecule has 3 nitrogen and oxygen atoms in total. The molecule has 5 heteroatoms. The number of halogens is 2. The van der Waals surface area contributed by atoms with E-state index < -0.39 is 5.41 Å². The number of rotatable bonds is 7. The number of allylic oxidation sites excluding steroid dienone is 1. The first kappa shape index (κ1) is 22.9. The van der Waals surface area contributed by atoms with Crippen LogP contribution in [0.2, 0.25) is 10.0 Å². The highest BCUT2D eigenvalue weighted by Gasteiger charge is 2.50. The van der Waals surface area contributed by atoms with Crippen molar-refractivity contribution in [1.29, 1.82) is 0 Å². The molecule has 4 atom stereocenters. The van der Waals surface area contributed by atoms with Crippen molar-refractivity contribution in [2.24, 2.45) is 11.1 Å². The maximum atomic E-state index is 13.9. The highest BCUT2D eigenvalue weighted by molar-refractivity contribution is 6.30. The molecule has 0 bridgehead atoms. The van der Waals surface area contributed by atoms with E-state index in [0.717, 1.165) is 17.5 Å². The highest BCUT2D eigenvalue weighted by Crippen LogP contribution is 2.52. The second-order valence-electron chi connectivity index (χ2n) is 8.43. The average molecular weight is 445 g/mol. The molecule has 1 heterocycles. The standard InChI is InChI=1S/C25H30Cl2N2O/c1-4-13-25(3)15-22(18-7-6-8-20(27)14-18)23(17-9-11-19(26)12-10-17)29(24(25)30)21(5-2)16-28/h4,6-12,14,21-23H,1,5,13,15-16,28H2,2-3H3/t21-,22?,23?,25?/m0/s1. The van der Waals surface area contributed by atoms with Gasteiger partial charge in [-0.25, -0.2) is 0 Å². The Hall–Kier alpha value is -1.81. The molecule has 2 aromatic rings. The molecular weight excluding hydrogens is 415 g/mol. The summed E-state index contributed by atoms with van der Waals surface area (Å²) >= 11 is 12.5. The zero-order chi connectivity index (χ0) is 21.9. The largest absolute Gasteiger partial charge is 0.330 e. The number of carbonyl (C=O) groups excluding carboxylic acids is 1. The number of piperidine rings is 1. The van der Waals surface area contributed by atoms with Gasteiger partial charge in [-0.3, -0.25) is 4.79 Å². The molecule has 0 aliphatic carbocycles. The summed E-state index contributed by atoms with van der Waals surface area (Å²) in [5, 5.41) is 1.37. The van der Waals surface area contributed by atoms with E-state index in [9.17, 15) is 4.79 Å². The van der Waals surface area contributed by atoms with Crippen LogP contribution < -0.4 is 5.73 Å². The van der Waals surface area contributed by atoms with Crippen molar-refractivity contribution in [3.05, 3.63) is 82.4 Å². The van der Waals surface area contributed by atoms with E-state index in [1.165, 1.54) is 0 Å². The molecule has 1 saturated heterocycles. The first-order valence-electron chi connectivity index (χ1n) is 10.5. The number of carbonyl (C=O) groups is 1. The van der Waals surface area contributed by atoms with Crippen LogP contribution in [0.4, 0.5) is 0 Å². The Labute approximate surface area is 189 Å². The van der Waals surface area contributed by atoms with Crippen molar-refractivity contribution in [3.8, 4) is 0 Å². The molecule has 1 amide bonds. The molecule has 0 spiro atoms. The summed E-state index contributed by atoms with van der Waals surface area (Å²) in [6, 6.07) is 15.6. The van der Waals surface area contributed by atoms with E-state index in [0.29, 0.717) is 29.4 Å². The van der Waals surface area contributed by atoms with Gasteiger partial charge in [-0.1, -0.05) is 67.4 Å². The van der Waals surface area contributed by atoms with Crippen LogP contribution in [-0.4, -0.2) is 23.4 Å². The van der Waals surface area contributed by atoms with Gasteiger partial charge in [0.1, 0.15) is 0 Å². The molecule has 2 aromatic carbocycles. The fraction of sp³-hybridized carbons (Fsp3) is 0.400. The summed E-state index contributed by atoms with van der Waals surface area (Å²) in [5.41, 5.74) is 7.80. The lowest BCUT2D eigenvalue weighted by atomic mass is 9.67. The summed E-state index contributed by atoms with van der Waals surface area (Å²) in [6.07, 6.45) is 3.96. The molecule has 2 N–H and O–H groups in total. The lowest BCUT2D eigenvalue weighted by Gasteiger charge is -2.52. The minimum absolute atomic E-state index is 0.0516. The third kappa shape index (κ3) is 4.44. The van der Waals surface area contributed by atoms with E-state index in [-0.39, 0.29) is 23.9 Å². The third-order valence-electron chi connectivity index (χ3n) is 6.32. The number of hydrogen-bond acceptors (Lipinski definition) is 2. The predicted molar refractivity (Wildman–Crippen MR) is 126 cm³/mol. The second kappa shape index (κ2) is 9.55. The van der Waals surface area contributed by atoms with Crippen LogP contribution in [0.25, 0.3) is 0 Å². The monoisotopic (exact) mass is 444 g/mol. The Kier molecular flexibility index (Phi) is 7.28. The second-order valence-corrected chi connectivity index (χ2v) is 9.30. The molecule has 3 rings (SSSR count). The molecule has 0 aromatic heterocycles. The quantitative estimate of drug-likeness (QED) is 0.504. The molecule has 0 saturated carbocycles. The van der Waals surface area contributed by atoms with Crippen molar-refractivity contribution in [2.45, 2.75) is 51.1 Å². The van der Waals surface area contributed by atoms with E-state index in [4.69, 9.17) is 28.9 Å². The van der Waals surface area contributed by atoms with E-state index in [1.807, 2.05) is 60.4 Å². The zero-order valence-corrected chi connectivity index (χ0v) is 19.2. The summed E-state index contributed by atoms with van der Waals surface area (Å²) in [4.78, 5) is 15.9. The maximum absolute atomic E-state index is 13.9. The number of nitrogens with zero attached hydrogens (tertiary/aromatic N) is 1. The molecule has 0 radical (unpaired) electrons. The Balaban J connectivity index is 2.22. The fourth-order valence-electron chi connectivity index (χ4n) is 4.77. The van der Waals surface area contributed by atoms with Gasteiger partial charge in [0.2, 0.25) is 5.91 Å². The number of likely N-dealkylation sites (tertiary alicyclic amines) is 1. The Bertz CT molecular complexity index is 894. The molecule has 1 fully saturated rings. The lowest BCUT2D eigenvalue weighted by molar-refractivity contribution is -0.154. The highest BCUT2D eigenvalue weighted by atomic mass is 35.5. The van der Waals surface area contributed by atoms with Gasteiger partial charge in [0, 0.05) is 28.5 Å². The lowest BCUT2D eigenvalue weighted by Crippen LogP contribution is -2.57. The number of amides is 1. The van der Waals surface area contributed by atoms with Crippen LogP contribution in [0.15, 0.2) is 61.2 Å². The average Bonchev–Trinajstić information content (AvgIpc) is 2.73. The smallest absolute Gasteiger partial charge is 0.229 e. The third-order valence-corrected chi connectivity index (χ3v) is 6.81. The van der Waals surface area contributed by atoms with Crippen molar-refractivity contribution >= 4 is 29.1 Å². The summed E-state index contributed by atoms with van der Waals surface area (Å²) < 4.78 is 0. The molecule has 30 heavy (non-hydrogen) atoms. The number of benzene rings is 2. The number of hydrogen-bond donors (Lipinski definition) is 1. The van der Waals surface area contributed by atoms with Crippen molar-refractivity contribution < 1.29 is 4.79 Å². The molecule has 1 aliphatic rings. The topological polar surface area (TPSA) is 46.3 Å². The van der Waals surface area contributed by atoms with Crippen LogP contribution in [-0.2, 0) is 4.79 Å². The molecule has 3 unspecified atom stereocenters. The van der Waals surface area contributed by atoms with E-state index in [1.54, 1.807) is 0 Å². The zero-order valence-electron chi connectivity index (χ0n) is 17.7. The number of nitrogens with two attached hydrogens (primary N) is 1. The van der Waals surface area contributed by atoms with Crippen LogP contribution in [0.5, 0.6) is 0 Å². The normalized spacial score (nSPS) is 25.2. The fourth-order valence-corrected chi connectivity index (χ4v) is 5.09. The van der Waals surface area contributed by atoms with Crippen LogP contribution in [0.1, 0.15) is 56.2 Å². The van der Waals surface area contributed by atoms with Gasteiger partial charge >= 0.3 is 0 Å². The molecule has 1 aliphatic heterocycles. The van der Waals surface area contributed by atoms with Crippen molar-refractivity contribution in [2.75, 3.05) is 6.54 Å². The predicted octanol–water partition coefficient (Wildman–Crippen LogP) is 6.37. The molecular formula is C25H30Cl2N2O. The van der Waals surface area contributed by atoms with Gasteiger partial charge in [-0.2, -0.15) is 0 Å². The van der Waals surface area contributed by atoms with Crippen molar-refractivity contribution in [3.63, 3.8) is 0 Å². The van der Waals surface area contributed by atoms with Gasteiger partial charge in [0.25, 0.3) is 0 Å². The first-order chi connectivity index (χ1) is 14.3. The van der Waals surface area contributed by atoms with Crippen LogP contribution in [0.3, 0.4) is 0 Å². The summed E-state index contributed by atoms with van der Waals surface area (Å²) in [5.74, 6) is 0.214. The summed E-state index contributed by atoms with van der Waals surface area (Å²) in [7, 11) is 0. The van der Waals surface area contributed by atoms with Gasteiger partial charge < -0.3 is 10.6 Å². The minimum atomic E-state index is -0.541. The maximum Gasteiger partial charge on any atom is 0.229 e. The SMILES string of the molecule is C=CCC1(C)CC(c2cccc(Cl)c2)C(c2ccc(Cl)cc2)N([C@@H](CC)CN)C1=O. The van der Waals surface area contributed by atoms with Crippen LogP contribution >= 0.6 is 23.2 Å². The van der Waals surface area contributed by atoms with E-state index in [2.05, 4.69) is 19.6 Å².